The van der Waals surface area contributed by atoms with Gasteiger partial charge in [-0.1, -0.05) is 0 Å². The van der Waals surface area contributed by atoms with Crippen LogP contribution in [0.25, 0.3) is 0 Å². The van der Waals surface area contributed by atoms with Crippen molar-refractivity contribution in [1.29, 1.82) is 0 Å². The van der Waals surface area contributed by atoms with E-state index in [0.29, 0.717) is 6.54 Å². The molecule has 0 radical (unpaired) electrons. The maximum absolute atomic E-state index is 11.5. The lowest BCUT2D eigenvalue weighted by Crippen LogP contribution is -2.32. The monoisotopic (exact) mass is 232 g/mol. The van der Waals surface area contributed by atoms with E-state index in [9.17, 15) is 14.4 Å². The molecule has 84 valence electrons. The highest BCUT2D eigenvalue weighted by Crippen LogP contribution is 1.88. The molecule has 0 spiro atoms. The zero-order valence-electron chi connectivity index (χ0n) is 8.56. The van der Waals surface area contributed by atoms with Gasteiger partial charge < -0.3 is 4.74 Å². The number of carbonyl (C=O) groups is 1. The van der Waals surface area contributed by atoms with Crippen molar-refractivity contribution in [2.45, 2.75) is 26.9 Å². The molecule has 0 atom stereocenters. The van der Waals surface area contributed by atoms with Crippen LogP contribution < -0.4 is 10.6 Å². The van der Waals surface area contributed by atoms with Crippen LogP contribution in [-0.2, 0) is 22.6 Å². The molecule has 0 unspecified atom stereocenters. The van der Waals surface area contributed by atoms with Crippen molar-refractivity contribution in [3.8, 4) is 0 Å². The number of carbonyl (C=O) groups excluding carboxylic acids is 1. The molecule has 0 bridgehead atoms. The molecule has 0 aromatic carbocycles. The van der Waals surface area contributed by atoms with Gasteiger partial charge in [0.25, 0.3) is 0 Å². The highest BCUT2D eigenvalue weighted by molar-refractivity contribution is 7.03. The van der Waals surface area contributed by atoms with Crippen LogP contribution >= 0.6 is 11.5 Å². The third kappa shape index (κ3) is 2.56. The molecule has 0 aliphatic carbocycles. The van der Waals surface area contributed by atoms with Gasteiger partial charge in [0.2, 0.25) is 0 Å². The van der Waals surface area contributed by atoms with Crippen LogP contribution in [0.2, 0.25) is 0 Å². The van der Waals surface area contributed by atoms with Gasteiger partial charge in [0.15, 0.2) is 0 Å². The second-order valence-electron chi connectivity index (χ2n) is 2.73. The lowest BCUT2D eigenvalue weighted by molar-refractivity contribution is -0.143. The summed E-state index contributed by atoms with van der Waals surface area (Å²) < 4.78 is 6.83. The van der Waals surface area contributed by atoms with Gasteiger partial charge in [-0.05, 0) is 13.8 Å². The van der Waals surface area contributed by atoms with Crippen LogP contribution in [0, 0.1) is 0 Å². The van der Waals surface area contributed by atoms with Crippen LogP contribution in [0.4, 0.5) is 0 Å². The Kier molecular flexibility index (Phi) is 3.84. The first-order chi connectivity index (χ1) is 7.10. The first-order valence-electron chi connectivity index (χ1n) is 4.56. The van der Waals surface area contributed by atoms with Crippen LogP contribution in [-0.4, -0.2) is 21.1 Å². The normalized spacial score (nSPS) is 10.3. The van der Waals surface area contributed by atoms with Crippen LogP contribution in [0.1, 0.15) is 13.8 Å². The summed E-state index contributed by atoms with van der Waals surface area (Å²) in [6.45, 7) is 3.77. The summed E-state index contributed by atoms with van der Waals surface area (Å²) in [5, 5.41) is 0. The third-order valence-corrected chi connectivity index (χ3v) is 2.74. The molecule has 1 aromatic heterocycles. The fraction of sp³-hybridized carbons (Fsp3) is 0.625. The Hall–Kier alpha value is -1.37. The Morgan fingerprint density at radius 1 is 1.40 bits per heavy atom. The number of rotatable bonds is 4. The number of ether oxygens (including phenoxy) is 1. The van der Waals surface area contributed by atoms with Crippen molar-refractivity contribution in [3.05, 3.63) is 20.2 Å². The van der Waals surface area contributed by atoms with Gasteiger partial charge in [-0.25, -0.2) is 13.3 Å². The number of hydrogen-bond acceptors (Lipinski definition) is 5. The summed E-state index contributed by atoms with van der Waals surface area (Å²) >= 11 is 0.805. The molecule has 0 saturated heterocycles. The van der Waals surface area contributed by atoms with E-state index >= 15 is 0 Å². The molecule has 1 rings (SSSR count). The number of aryl methyl sites for hydroxylation is 1. The van der Waals surface area contributed by atoms with Gasteiger partial charge in [0.1, 0.15) is 6.54 Å². The van der Waals surface area contributed by atoms with Crippen molar-refractivity contribution in [3.63, 3.8) is 0 Å². The molecule has 7 heteroatoms. The van der Waals surface area contributed by atoms with E-state index in [0.717, 1.165) is 16.1 Å². The van der Waals surface area contributed by atoms with Crippen LogP contribution in [0.15, 0.2) is 9.59 Å². The minimum Gasteiger partial charge on any atom is -0.465 e. The Labute approximate surface area is 89.9 Å². The fourth-order valence-electron chi connectivity index (χ4n) is 1.06. The van der Waals surface area contributed by atoms with Crippen LogP contribution in [0.3, 0.4) is 0 Å². The summed E-state index contributed by atoms with van der Waals surface area (Å²) in [5.74, 6) is -0.572. The second-order valence-corrected chi connectivity index (χ2v) is 3.70. The second kappa shape index (κ2) is 4.92. The lowest BCUT2D eigenvalue weighted by atomic mass is 10.6. The molecular formula is C8H12N2O4S. The van der Waals surface area contributed by atoms with E-state index in [1.807, 2.05) is 0 Å². The molecule has 0 N–H and O–H groups in total. The van der Waals surface area contributed by atoms with E-state index in [1.165, 1.54) is 3.96 Å². The van der Waals surface area contributed by atoms with Crippen molar-refractivity contribution < 1.29 is 9.53 Å². The lowest BCUT2D eigenvalue weighted by Gasteiger charge is -1.99. The van der Waals surface area contributed by atoms with E-state index in [4.69, 9.17) is 0 Å². The molecule has 0 amide bonds. The van der Waals surface area contributed by atoms with Gasteiger partial charge in [-0.2, -0.15) is 0 Å². The maximum atomic E-state index is 11.5. The molecule has 1 aromatic rings. The summed E-state index contributed by atoms with van der Waals surface area (Å²) in [4.78, 5) is 33.5. The maximum Gasteiger partial charge on any atom is 0.341 e. The first kappa shape index (κ1) is 11.7. The van der Waals surface area contributed by atoms with Gasteiger partial charge in [-0.3, -0.25) is 9.59 Å². The largest absolute Gasteiger partial charge is 0.465 e. The molecular weight excluding hydrogens is 220 g/mol. The van der Waals surface area contributed by atoms with Gasteiger partial charge >= 0.3 is 16.5 Å². The van der Waals surface area contributed by atoms with E-state index in [1.54, 1.807) is 13.8 Å². The molecule has 0 aliphatic rings. The van der Waals surface area contributed by atoms with Gasteiger partial charge in [0, 0.05) is 18.1 Å². The average molecular weight is 232 g/mol. The molecule has 0 aliphatic heterocycles. The van der Waals surface area contributed by atoms with E-state index in [-0.39, 0.29) is 13.2 Å². The standard InChI is InChI=1S/C8H12N2O4S/c1-3-10-7(12)9(8(13)15-10)5-6(11)14-4-2/h3-5H2,1-2H3. The molecule has 15 heavy (non-hydrogen) atoms. The summed E-state index contributed by atoms with van der Waals surface area (Å²) in [6, 6.07) is 0. The smallest absolute Gasteiger partial charge is 0.341 e. The van der Waals surface area contributed by atoms with Crippen molar-refractivity contribution in [1.82, 2.24) is 8.52 Å². The predicted molar refractivity (Wildman–Crippen MR) is 55.1 cm³/mol. The zero-order valence-corrected chi connectivity index (χ0v) is 9.37. The highest BCUT2D eigenvalue weighted by Gasteiger charge is 2.12. The Morgan fingerprint density at radius 2 is 2.07 bits per heavy atom. The Bertz CT molecular complexity index is 456. The quantitative estimate of drug-likeness (QED) is 0.665. The number of aromatic nitrogens is 2. The predicted octanol–water partition coefficient (Wildman–Crippen LogP) is -0.345. The van der Waals surface area contributed by atoms with Crippen LogP contribution in [0.5, 0.6) is 0 Å². The summed E-state index contributed by atoms with van der Waals surface area (Å²) in [7, 11) is 0. The number of esters is 1. The van der Waals surface area contributed by atoms with E-state index in [2.05, 4.69) is 4.74 Å². The minimum absolute atomic E-state index is 0.236. The average Bonchev–Trinajstić information content (AvgIpc) is 2.45. The molecule has 0 saturated carbocycles. The van der Waals surface area contributed by atoms with Gasteiger partial charge in [-0.15, -0.1) is 0 Å². The molecule has 0 fully saturated rings. The highest BCUT2D eigenvalue weighted by atomic mass is 32.1. The molecule has 1 heterocycles. The summed E-state index contributed by atoms with van der Waals surface area (Å²) in [6.07, 6.45) is 0. The van der Waals surface area contributed by atoms with Crippen molar-refractivity contribution in [2.24, 2.45) is 0 Å². The Morgan fingerprint density at radius 3 is 2.53 bits per heavy atom. The van der Waals surface area contributed by atoms with E-state index < -0.39 is 16.5 Å². The summed E-state index contributed by atoms with van der Waals surface area (Å²) in [5.41, 5.74) is -0.458. The molecule has 6 nitrogen and oxygen atoms in total. The van der Waals surface area contributed by atoms with Crippen molar-refractivity contribution >= 4 is 17.5 Å². The SMILES string of the molecule is CCOC(=O)Cn1c(=O)sn(CC)c1=O. The topological polar surface area (TPSA) is 70.3 Å². The number of hydrogen-bond donors (Lipinski definition) is 0. The minimum atomic E-state index is -0.572. The van der Waals surface area contributed by atoms with Crippen molar-refractivity contribution in [2.75, 3.05) is 6.61 Å². The third-order valence-electron chi connectivity index (χ3n) is 1.73. The fourth-order valence-corrected chi connectivity index (χ4v) is 1.80. The zero-order chi connectivity index (χ0) is 11.4. The first-order valence-corrected chi connectivity index (χ1v) is 5.34. The van der Waals surface area contributed by atoms with Gasteiger partial charge in [0.05, 0.1) is 6.61 Å². The Balaban J connectivity index is 2.95. The number of nitrogens with zero attached hydrogens (tertiary/aromatic N) is 2.